The van der Waals surface area contributed by atoms with Gasteiger partial charge < -0.3 is 5.73 Å². The van der Waals surface area contributed by atoms with Gasteiger partial charge in [-0.15, -0.1) is 5.10 Å². The molecule has 2 N–H and O–H groups in total. The summed E-state index contributed by atoms with van der Waals surface area (Å²) in [6.07, 6.45) is 0. The molecule has 5 nitrogen and oxygen atoms in total. The minimum Gasteiger partial charge on any atom is -0.398 e. The first kappa shape index (κ1) is 13.7. The van der Waals surface area contributed by atoms with Gasteiger partial charge in [0.15, 0.2) is 5.82 Å². The third kappa shape index (κ3) is 2.78. The summed E-state index contributed by atoms with van der Waals surface area (Å²) in [6.45, 7) is 0.458. The van der Waals surface area contributed by atoms with E-state index in [0.29, 0.717) is 23.6 Å². The molecule has 7 heteroatoms. The monoisotopic (exact) mass is 347 g/mol. The molecule has 2 aromatic carbocycles. The SMILES string of the molecule is Nc1ccc(F)cc1-c1nnnn1Cc1ccccc1Br. The lowest BCUT2D eigenvalue weighted by Crippen LogP contribution is -2.06. The highest BCUT2D eigenvalue weighted by molar-refractivity contribution is 9.10. The lowest BCUT2D eigenvalue weighted by molar-refractivity contribution is 0.627. The average Bonchev–Trinajstić information content (AvgIpc) is 2.92. The van der Waals surface area contributed by atoms with Crippen LogP contribution < -0.4 is 5.73 Å². The van der Waals surface area contributed by atoms with E-state index in [2.05, 4.69) is 31.5 Å². The summed E-state index contributed by atoms with van der Waals surface area (Å²) in [5, 5.41) is 11.6. The fourth-order valence-electron chi connectivity index (χ4n) is 2.01. The fraction of sp³-hybridized carbons (Fsp3) is 0.0714. The van der Waals surface area contributed by atoms with Crippen molar-refractivity contribution in [3.63, 3.8) is 0 Å². The maximum Gasteiger partial charge on any atom is 0.184 e. The Morgan fingerprint density at radius 3 is 2.81 bits per heavy atom. The van der Waals surface area contributed by atoms with Crippen LogP contribution in [0.1, 0.15) is 5.56 Å². The van der Waals surface area contributed by atoms with Crippen LogP contribution in [0.5, 0.6) is 0 Å². The molecule has 0 aliphatic carbocycles. The van der Waals surface area contributed by atoms with Gasteiger partial charge in [0.25, 0.3) is 0 Å². The first-order valence-corrected chi connectivity index (χ1v) is 6.99. The normalized spacial score (nSPS) is 10.8. The number of benzene rings is 2. The van der Waals surface area contributed by atoms with Crippen molar-refractivity contribution in [2.75, 3.05) is 5.73 Å². The molecule has 0 amide bonds. The third-order valence-corrected chi connectivity index (χ3v) is 3.84. The second-order valence-electron chi connectivity index (χ2n) is 4.48. The standard InChI is InChI=1S/C14H11BrFN5/c15-12-4-2-1-3-9(12)8-21-14(18-19-20-21)11-7-10(16)5-6-13(11)17/h1-7H,8,17H2. The average molecular weight is 348 g/mol. The van der Waals surface area contributed by atoms with Crippen molar-refractivity contribution < 1.29 is 4.39 Å². The largest absolute Gasteiger partial charge is 0.398 e. The van der Waals surface area contributed by atoms with Crippen LogP contribution in [0, 0.1) is 5.82 Å². The summed E-state index contributed by atoms with van der Waals surface area (Å²) in [5.74, 6) is 0.0531. The Kier molecular flexibility index (Phi) is 3.66. The Balaban J connectivity index is 2.02. The molecule has 0 atom stereocenters. The molecule has 0 fully saturated rings. The van der Waals surface area contributed by atoms with E-state index in [-0.39, 0.29) is 5.82 Å². The van der Waals surface area contributed by atoms with Crippen LogP contribution in [0.25, 0.3) is 11.4 Å². The number of nitrogen functional groups attached to an aromatic ring is 1. The number of nitrogens with zero attached hydrogens (tertiary/aromatic N) is 4. The minimum atomic E-state index is -0.380. The van der Waals surface area contributed by atoms with Crippen molar-refractivity contribution in [1.82, 2.24) is 20.2 Å². The zero-order valence-electron chi connectivity index (χ0n) is 10.9. The van der Waals surface area contributed by atoms with Crippen molar-refractivity contribution >= 4 is 21.6 Å². The Bertz CT molecular complexity index is 787. The molecule has 3 rings (SSSR count). The van der Waals surface area contributed by atoms with Crippen LogP contribution in [-0.4, -0.2) is 20.2 Å². The van der Waals surface area contributed by atoms with Crippen molar-refractivity contribution in [1.29, 1.82) is 0 Å². The zero-order valence-corrected chi connectivity index (χ0v) is 12.5. The summed E-state index contributed by atoms with van der Waals surface area (Å²) >= 11 is 3.48. The van der Waals surface area contributed by atoms with Crippen LogP contribution in [0.2, 0.25) is 0 Å². The molecule has 0 radical (unpaired) electrons. The second-order valence-corrected chi connectivity index (χ2v) is 5.34. The van der Waals surface area contributed by atoms with Crippen molar-refractivity contribution in [3.05, 3.63) is 58.3 Å². The van der Waals surface area contributed by atoms with Gasteiger partial charge >= 0.3 is 0 Å². The Morgan fingerprint density at radius 1 is 1.19 bits per heavy atom. The molecule has 1 heterocycles. The second kappa shape index (κ2) is 5.61. The number of aromatic nitrogens is 4. The van der Waals surface area contributed by atoms with E-state index in [1.807, 2.05) is 24.3 Å². The maximum atomic E-state index is 13.4. The van der Waals surface area contributed by atoms with Crippen molar-refractivity contribution in [2.24, 2.45) is 0 Å². The van der Waals surface area contributed by atoms with E-state index in [1.165, 1.54) is 18.2 Å². The predicted octanol–water partition coefficient (Wildman–Crippen LogP) is 2.87. The van der Waals surface area contributed by atoms with Crippen molar-refractivity contribution in [3.8, 4) is 11.4 Å². The van der Waals surface area contributed by atoms with E-state index in [1.54, 1.807) is 4.68 Å². The molecule has 3 aromatic rings. The number of rotatable bonds is 3. The summed E-state index contributed by atoms with van der Waals surface area (Å²) in [5.41, 5.74) is 7.81. The highest BCUT2D eigenvalue weighted by Gasteiger charge is 2.14. The maximum absolute atomic E-state index is 13.4. The molecular weight excluding hydrogens is 337 g/mol. The molecule has 1 aromatic heterocycles. The number of halogens is 2. The Morgan fingerprint density at radius 2 is 2.00 bits per heavy atom. The van der Waals surface area contributed by atoms with E-state index in [4.69, 9.17) is 5.73 Å². The van der Waals surface area contributed by atoms with Gasteiger partial charge in [0.2, 0.25) is 0 Å². The molecule has 0 aliphatic heterocycles. The summed E-state index contributed by atoms with van der Waals surface area (Å²) in [4.78, 5) is 0. The number of anilines is 1. The number of nitrogens with two attached hydrogens (primary N) is 1. The summed E-state index contributed by atoms with van der Waals surface area (Å²) in [7, 11) is 0. The van der Waals surface area contributed by atoms with E-state index >= 15 is 0 Å². The van der Waals surface area contributed by atoms with Crippen LogP contribution in [0.4, 0.5) is 10.1 Å². The highest BCUT2D eigenvalue weighted by atomic mass is 79.9. The highest BCUT2D eigenvalue weighted by Crippen LogP contribution is 2.25. The van der Waals surface area contributed by atoms with E-state index < -0.39 is 0 Å². The predicted molar refractivity (Wildman–Crippen MR) is 80.9 cm³/mol. The zero-order chi connectivity index (χ0) is 14.8. The van der Waals surface area contributed by atoms with Gasteiger partial charge in [0.1, 0.15) is 5.82 Å². The molecule has 0 spiro atoms. The van der Waals surface area contributed by atoms with Crippen LogP contribution in [-0.2, 0) is 6.54 Å². The minimum absolute atomic E-state index is 0.380. The first-order valence-electron chi connectivity index (χ1n) is 6.20. The van der Waals surface area contributed by atoms with Gasteiger partial charge in [-0.1, -0.05) is 34.1 Å². The molecule has 0 unspecified atom stereocenters. The topological polar surface area (TPSA) is 69.6 Å². The lowest BCUT2D eigenvalue weighted by atomic mass is 10.1. The van der Waals surface area contributed by atoms with Gasteiger partial charge in [-0.3, -0.25) is 0 Å². The van der Waals surface area contributed by atoms with Gasteiger partial charge in [-0.05, 0) is 40.3 Å². The van der Waals surface area contributed by atoms with Gasteiger partial charge in [-0.25, -0.2) is 9.07 Å². The summed E-state index contributed by atoms with van der Waals surface area (Å²) in [6, 6.07) is 11.9. The molecular formula is C14H11BrFN5. The third-order valence-electron chi connectivity index (χ3n) is 3.07. The molecule has 21 heavy (non-hydrogen) atoms. The number of hydrogen-bond donors (Lipinski definition) is 1. The van der Waals surface area contributed by atoms with Gasteiger partial charge in [0.05, 0.1) is 6.54 Å². The van der Waals surface area contributed by atoms with Gasteiger partial charge in [-0.2, -0.15) is 0 Å². The molecule has 0 bridgehead atoms. The summed E-state index contributed by atoms with van der Waals surface area (Å²) < 4.78 is 16.0. The number of hydrogen-bond acceptors (Lipinski definition) is 4. The van der Waals surface area contributed by atoms with Gasteiger partial charge in [0, 0.05) is 15.7 Å². The Hall–Kier alpha value is -2.28. The van der Waals surface area contributed by atoms with Crippen LogP contribution >= 0.6 is 15.9 Å². The molecule has 0 saturated heterocycles. The lowest BCUT2D eigenvalue weighted by Gasteiger charge is -2.08. The molecule has 0 saturated carbocycles. The van der Waals surface area contributed by atoms with E-state index in [0.717, 1.165) is 10.0 Å². The van der Waals surface area contributed by atoms with Crippen molar-refractivity contribution in [2.45, 2.75) is 6.54 Å². The van der Waals surface area contributed by atoms with E-state index in [9.17, 15) is 4.39 Å². The Labute approximate surface area is 128 Å². The molecule has 0 aliphatic rings. The number of tetrazole rings is 1. The first-order chi connectivity index (χ1) is 10.1. The van der Waals surface area contributed by atoms with Crippen LogP contribution in [0.3, 0.4) is 0 Å². The molecule has 106 valence electrons. The van der Waals surface area contributed by atoms with Crippen LogP contribution in [0.15, 0.2) is 46.9 Å². The quantitative estimate of drug-likeness (QED) is 0.739. The fourth-order valence-corrected chi connectivity index (χ4v) is 2.42. The smallest absolute Gasteiger partial charge is 0.184 e.